The van der Waals surface area contributed by atoms with E-state index in [1.54, 1.807) is 11.0 Å². The fourth-order valence-electron chi connectivity index (χ4n) is 2.70. The van der Waals surface area contributed by atoms with Crippen molar-refractivity contribution in [2.24, 2.45) is 7.05 Å². The highest BCUT2D eigenvalue weighted by Crippen LogP contribution is 2.30. The number of aromatic nitrogens is 4. The second kappa shape index (κ2) is 5.86. The van der Waals surface area contributed by atoms with Gasteiger partial charge in [0.2, 0.25) is 0 Å². The van der Waals surface area contributed by atoms with Crippen molar-refractivity contribution >= 4 is 32.8 Å². The molecule has 0 aromatic carbocycles. The standard InChI is InChI=1S/C13H19BrN6O/c1-18(2)6-9-7-20(4-5-21-9)13-10-11(14)17-19(3)12(10)15-8-16-13/h8-9H,4-7H2,1-3H3. The van der Waals surface area contributed by atoms with Gasteiger partial charge in [0.25, 0.3) is 0 Å². The minimum atomic E-state index is 0.189. The molecule has 2 aromatic rings. The van der Waals surface area contributed by atoms with Crippen LogP contribution in [0.1, 0.15) is 0 Å². The molecular weight excluding hydrogens is 336 g/mol. The van der Waals surface area contributed by atoms with Gasteiger partial charge in [-0.1, -0.05) is 0 Å². The zero-order valence-corrected chi connectivity index (χ0v) is 14.0. The topological polar surface area (TPSA) is 59.3 Å². The first-order valence-corrected chi connectivity index (χ1v) is 7.70. The summed E-state index contributed by atoms with van der Waals surface area (Å²) < 4.78 is 8.38. The van der Waals surface area contributed by atoms with Crippen molar-refractivity contribution in [2.45, 2.75) is 6.10 Å². The van der Waals surface area contributed by atoms with Crippen LogP contribution in [0.15, 0.2) is 10.9 Å². The zero-order chi connectivity index (χ0) is 15.0. The maximum atomic E-state index is 5.83. The van der Waals surface area contributed by atoms with Gasteiger partial charge in [-0.15, -0.1) is 0 Å². The van der Waals surface area contributed by atoms with Crippen LogP contribution < -0.4 is 4.90 Å². The summed E-state index contributed by atoms with van der Waals surface area (Å²) in [6.07, 6.45) is 1.79. The summed E-state index contributed by atoms with van der Waals surface area (Å²) in [6, 6.07) is 0. The highest BCUT2D eigenvalue weighted by molar-refractivity contribution is 9.10. The number of ether oxygens (including phenoxy) is 1. The van der Waals surface area contributed by atoms with Gasteiger partial charge in [-0.2, -0.15) is 5.10 Å². The van der Waals surface area contributed by atoms with Crippen LogP contribution in [-0.4, -0.2) is 71.1 Å². The molecule has 0 aliphatic carbocycles. The lowest BCUT2D eigenvalue weighted by Crippen LogP contribution is -2.46. The van der Waals surface area contributed by atoms with Crippen LogP contribution in [0.3, 0.4) is 0 Å². The molecule has 114 valence electrons. The molecule has 0 amide bonds. The van der Waals surface area contributed by atoms with Crippen molar-refractivity contribution in [3.63, 3.8) is 0 Å². The first kappa shape index (κ1) is 14.7. The molecule has 1 unspecified atom stereocenters. The molecule has 3 rings (SSSR count). The van der Waals surface area contributed by atoms with Gasteiger partial charge in [0, 0.05) is 26.7 Å². The molecule has 8 heteroatoms. The first-order valence-electron chi connectivity index (χ1n) is 6.90. The van der Waals surface area contributed by atoms with E-state index in [9.17, 15) is 0 Å². The summed E-state index contributed by atoms with van der Waals surface area (Å²) in [7, 11) is 6.00. The molecule has 1 fully saturated rings. The van der Waals surface area contributed by atoms with E-state index in [0.717, 1.165) is 41.1 Å². The number of halogens is 1. The summed E-state index contributed by atoms with van der Waals surface area (Å²) in [5.74, 6) is 0.923. The molecule has 21 heavy (non-hydrogen) atoms. The predicted octanol–water partition coefficient (Wildman–Crippen LogP) is 0.893. The van der Waals surface area contributed by atoms with Crippen molar-refractivity contribution in [3.05, 3.63) is 10.9 Å². The smallest absolute Gasteiger partial charge is 0.164 e. The van der Waals surface area contributed by atoms with Gasteiger partial charge in [-0.05, 0) is 30.0 Å². The Morgan fingerprint density at radius 2 is 2.24 bits per heavy atom. The molecule has 3 heterocycles. The minimum absolute atomic E-state index is 0.189. The number of aryl methyl sites for hydroxylation is 1. The van der Waals surface area contributed by atoms with Crippen LogP contribution in [0.2, 0.25) is 0 Å². The van der Waals surface area contributed by atoms with Gasteiger partial charge in [-0.3, -0.25) is 0 Å². The average Bonchev–Trinajstić information content (AvgIpc) is 2.74. The summed E-state index contributed by atoms with van der Waals surface area (Å²) in [5.41, 5.74) is 0.836. The SMILES string of the molecule is CN(C)CC1CN(c2ncnc3c2c(Br)nn3C)CCO1. The van der Waals surface area contributed by atoms with Gasteiger partial charge in [0.05, 0.1) is 18.1 Å². The second-order valence-corrected chi connectivity index (χ2v) is 6.26. The van der Waals surface area contributed by atoms with Crippen molar-refractivity contribution in [2.75, 3.05) is 45.2 Å². The fourth-order valence-corrected chi connectivity index (χ4v) is 3.29. The van der Waals surface area contributed by atoms with E-state index in [0.29, 0.717) is 6.61 Å². The number of hydrogen-bond acceptors (Lipinski definition) is 6. The van der Waals surface area contributed by atoms with Crippen molar-refractivity contribution in [1.82, 2.24) is 24.6 Å². The Hall–Kier alpha value is -1.25. The van der Waals surface area contributed by atoms with E-state index >= 15 is 0 Å². The number of likely N-dealkylation sites (N-methyl/N-ethyl adjacent to an activating group) is 1. The lowest BCUT2D eigenvalue weighted by Gasteiger charge is -2.35. The minimum Gasteiger partial charge on any atom is -0.373 e. The van der Waals surface area contributed by atoms with E-state index in [1.165, 1.54) is 0 Å². The molecule has 7 nitrogen and oxygen atoms in total. The lowest BCUT2D eigenvalue weighted by molar-refractivity contribution is 0.0246. The number of hydrogen-bond donors (Lipinski definition) is 0. The fraction of sp³-hybridized carbons (Fsp3) is 0.615. The highest BCUT2D eigenvalue weighted by Gasteiger charge is 2.25. The van der Waals surface area contributed by atoms with E-state index in [-0.39, 0.29) is 6.10 Å². The largest absolute Gasteiger partial charge is 0.373 e. The summed E-state index contributed by atoms with van der Waals surface area (Å²) in [6.45, 7) is 3.27. The van der Waals surface area contributed by atoms with Gasteiger partial charge in [0.15, 0.2) is 5.65 Å². The lowest BCUT2D eigenvalue weighted by atomic mass is 10.2. The molecule has 1 atom stereocenters. The number of nitrogens with zero attached hydrogens (tertiary/aromatic N) is 6. The number of morpholine rings is 1. The number of anilines is 1. The van der Waals surface area contributed by atoms with Crippen molar-refractivity contribution < 1.29 is 4.74 Å². The molecule has 0 N–H and O–H groups in total. The van der Waals surface area contributed by atoms with Gasteiger partial charge in [0.1, 0.15) is 16.7 Å². The Balaban J connectivity index is 1.93. The van der Waals surface area contributed by atoms with Crippen LogP contribution in [0.25, 0.3) is 11.0 Å². The molecule has 0 saturated carbocycles. The third-order valence-electron chi connectivity index (χ3n) is 3.56. The second-order valence-electron chi connectivity index (χ2n) is 5.51. The van der Waals surface area contributed by atoms with E-state index < -0.39 is 0 Å². The molecule has 0 spiro atoms. The van der Waals surface area contributed by atoms with Gasteiger partial charge >= 0.3 is 0 Å². The van der Waals surface area contributed by atoms with Crippen LogP contribution in [0, 0.1) is 0 Å². The normalized spacial score (nSPS) is 19.7. The Morgan fingerprint density at radius 3 is 3.00 bits per heavy atom. The molecular formula is C13H19BrN6O. The third-order valence-corrected chi connectivity index (χ3v) is 4.12. The summed E-state index contributed by atoms with van der Waals surface area (Å²) in [4.78, 5) is 13.2. The van der Waals surface area contributed by atoms with E-state index in [2.05, 4.69) is 54.9 Å². The number of rotatable bonds is 3. The highest BCUT2D eigenvalue weighted by atomic mass is 79.9. The van der Waals surface area contributed by atoms with Crippen LogP contribution in [0.5, 0.6) is 0 Å². The quantitative estimate of drug-likeness (QED) is 0.815. The van der Waals surface area contributed by atoms with E-state index in [1.807, 2.05) is 7.05 Å². The van der Waals surface area contributed by atoms with E-state index in [4.69, 9.17) is 4.74 Å². The summed E-state index contributed by atoms with van der Waals surface area (Å²) in [5, 5.41) is 5.34. The van der Waals surface area contributed by atoms with Gasteiger partial charge < -0.3 is 14.5 Å². The van der Waals surface area contributed by atoms with Crippen molar-refractivity contribution in [3.8, 4) is 0 Å². The monoisotopic (exact) mass is 354 g/mol. The molecule has 1 aliphatic rings. The zero-order valence-electron chi connectivity index (χ0n) is 12.5. The van der Waals surface area contributed by atoms with Gasteiger partial charge in [-0.25, -0.2) is 14.6 Å². The molecule has 1 aliphatic heterocycles. The maximum Gasteiger partial charge on any atom is 0.164 e. The first-order chi connectivity index (χ1) is 10.1. The van der Waals surface area contributed by atoms with Crippen molar-refractivity contribution in [1.29, 1.82) is 0 Å². The Bertz CT molecular complexity index is 643. The predicted molar refractivity (Wildman–Crippen MR) is 84.5 cm³/mol. The Labute approximate surface area is 132 Å². The Kier molecular flexibility index (Phi) is 4.10. The average molecular weight is 355 g/mol. The maximum absolute atomic E-state index is 5.83. The Morgan fingerprint density at radius 1 is 1.43 bits per heavy atom. The number of fused-ring (bicyclic) bond motifs is 1. The molecule has 2 aromatic heterocycles. The molecule has 0 radical (unpaired) electrons. The van der Waals surface area contributed by atoms with Crippen LogP contribution in [0.4, 0.5) is 5.82 Å². The van der Waals surface area contributed by atoms with Crippen LogP contribution in [-0.2, 0) is 11.8 Å². The molecule has 0 bridgehead atoms. The summed E-state index contributed by atoms with van der Waals surface area (Å²) >= 11 is 3.51. The third kappa shape index (κ3) is 2.88. The molecule has 1 saturated heterocycles. The van der Waals surface area contributed by atoms with Crippen LogP contribution >= 0.6 is 15.9 Å².